The van der Waals surface area contributed by atoms with Gasteiger partial charge in [0.05, 0.1) is 29.9 Å². The van der Waals surface area contributed by atoms with Gasteiger partial charge in [-0.1, -0.05) is 42.5 Å². The van der Waals surface area contributed by atoms with Crippen LogP contribution in [-0.4, -0.2) is 22.5 Å². The maximum Gasteiger partial charge on any atom is 0.340 e. The molecule has 0 saturated heterocycles. The molecule has 5 heteroatoms. The first kappa shape index (κ1) is 16.8. The summed E-state index contributed by atoms with van der Waals surface area (Å²) in [7, 11) is 1.40. The molecular weight excluding hydrogens is 338 g/mol. The van der Waals surface area contributed by atoms with Crippen molar-refractivity contribution in [3.63, 3.8) is 0 Å². The molecular formula is C22H19N3O2. The number of rotatable bonds is 5. The Balaban J connectivity index is 1.89. The molecule has 134 valence electrons. The van der Waals surface area contributed by atoms with E-state index in [2.05, 4.69) is 22.4 Å². The van der Waals surface area contributed by atoms with Crippen LogP contribution >= 0.6 is 0 Å². The molecule has 0 fully saturated rings. The molecule has 0 saturated carbocycles. The number of carbonyl (C=O) groups excluding carboxylic acids is 1. The summed E-state index contributed by atoms with van der Waals surface area (Å²) in [5.41, 5.74) is 3.35. The second-order valence-corrected chi connectivity index (χ2v) is 6.13. The molecule has 0 aliphatic carbocycles. The van der Waals surface area contributed by atoms with E-state index in [0.29, 0.717) is 5.56 Å². The minimum atomic E-state index is -0.352. The molecule has 1 N–H and O–H groups in total. The third-order valence-corrected chi connectivity index (χ3v) is 4.50. The maximum absolute atomic E-state index is 12.3. The molecule has 4 rings (SSSR count). The van der Waals surface area contributed by atoms with Gasteiger partial charge in [-0.2, -0.15) is 0 Å². The van der Waals surface area contributed by atoms with E-state index in [1.165, 1.54) is 7.11 Å². The van der Waals surface area contributed by atoms with Gasteiger partial charge in [0, 0.05) is 12.4 Å². The number of ether oxygens (including phenoxy) is 1. The normalized spacial score (nSPS) is 11.9. The molecule has 4 aromatic rings. The van der Waals surface area contributed by atoms with E-state index >= 15 is 0 Å². The number of nitrogens with one attached hydrogen (secondary N) is 1. The van der Waals surface area contributed by atoms with Gasteiger partial charge < -0.3 is 14.5 Å². The molecule has 0 spiro atoms. The Labute approximate surface area is 157 Å². The number of benzene rings is 1. The Bertz CT molecular complexity index is 1060. The van der Waals surface area contributed by atoms with Gasteiger partial charge in [-0.25, -0.2) is 9.78 Å². The summed E-state index contributed by atoms with van der Waals surface area (Å²) in [5.74, 6) is 0.409. The number of pyridine rings is 2. The van der Waals surface area contributed by atoms with Gasteiger partial charge in [-0.3, -0.25) is 0 Å². The van der Waals surface area contributed by atoms with E-state index < -0.39 is 0 Å². The Morgan fingerprint density at radius 1 is 1.04 bits per heavy atom. The van der Waals surface area contributed by atoms with Crippen molar-refractivity contribution in [2.75, 3.05) is 12.4 Å². The van der Waals surface area contributed by atoms with Crippen LogP contribution in [-0.2, 0) is 4.74 Å². The highest BCUT2D eigenvalue weighted by atomic mass is 16.5. The van der Waals surface area contributed by atoms with Crippen molar-refractivity contribution in [3.05, 3.63) is 102 Å². The lowest BCUT2D eigenvalue weighted by molar-refractivity contribution is 0.0603. The summed E-state index contributed by atoms with van der Waals surface area (Å²) in [6.07, 6.45) is 3.70. The molecule has 5 nitrogen and oxygen atoms in total. The van der Waals surface area contributed by atoms with Crippen molar-refractivity contribution in [2.45, 2.75) is 6.04 Å². The Hall–Kier alpha value is -3.60. The minimum absolute atomic E-state index is 0.186. The standard InChI is InChI=1S/C22H19N3O2/c1-27-22(26)17-15-19(25-14-8-6-11-18(17)25)21(16-9-3-2-4-10-16)24-20-12-5-7-13-23-20/h2-15,21H,1H3,(H,23,24). The summed E-state index contributed by atoms with van der Waals surface area (Å²) < 4.78 is 6.99. The van der Waals surface area contributed by atoms with Crippen LogP contribution in [0.25, 0.3) is 5.52 Å². The van der Waals surface area contributed by atoms with Crippen molar-refractivity contribution < 1.29 is 9.53 Å². The van der Waals surface area contributed by atoms with Crippen LogP contribution in [0.15, 0.2) is 85.2 Å². The molecule has 0 aliphatic rings. The molecule has 0 bridgehead atoms. The highest BCUT2D eigenvalue weighted by Crippen LogP contribution is 2.30. The van der Waals surface area contributed by atoms with Crippen LogP contribution in [0.5, 0.6) is 0 Å². The quantitative estimate of drug-likeness (QED) is 0.541. The first-order valence-corrected chi connectivity index (χ1v) is 8.69. The zero-order valence-electron chi connectivity index (χ0n) is 14.9. The lowest BCUT2D eigenvalue weighted by atomic mass is 10.0. The van der Waals surface area contributed by atoms with Crippen molar-refractivity contribution >= 4 is 17.3 Å². The summed E-state index contributed by atoms with van der Waals surface area (Å²) in [6, 6.07) is 23.3. The molecule has 1 atom stereocenters. The summed E-state index contributed by atoms with van der Waals surface area (Å²) >= 11 is 0. The fourth-order valence-corrected chi connectivity index (χ4v) is 3.24. The lowest BCUT2D eigenvalue weighted by Gasteiger charge is -2.20. The Kier molecular flexibility index (Phi) is 4.58. The average Bonchev–Trinajstić information content (AvgIpc) is 3.12. The van der Waals surface area contributed by atoms with E-state index in [0.717, 1.165) is 22.6 Å². The van der Waals surface area contributed by atoms with Crippen molar-refractivity contribution in [1.82, 2.24) is 9.38 Å². The summed E-state index contributed by atoms with van der Waals surface area (Å²) in [5, 5.41) is 3.49. The number of nitrogens with zero attached hydrogens (tertiary/aromatic N) is 2. The number of methoxy groups -OCH3 is 1. The van der Waals surface area contributed by atoms with Gasteiger partial charge in [0.25, 0.3) is 0 Å². The van der Waals surface area contributed by atoms with E-state index in [9.17, 15) is 4.79 Å². The number of aromatic nitrogens is 2. The number of hydrogen-bond acceptors (Lipinski definition) is 4. The highest BCUT2D eigenvalue weighted by molar-refractivity contribution is 5.97. The van der Waals surface area contributed by atoms with Crippen LogP contribution in [0, 0.1) is 0 Å². The third kappa shape index (κ3) is 3.27. The van der Waals surface area contributed by atoms with Crippen molar-refractivity contribution in [2.24, 2.45) is 0 Å². The van der Waals surface area contributed by atoms with Gasteiger partial charge in [0.15, 0.2) is 0 Å². The zero-order chi connectivity index (χ0) is 18.6. The van der Waals surface area contributed by atoms with E-state index in [1.54, 1.807) is 6.20 Å². The predicted octanol–water partition coefficient (Wildman–Crippen LogP) is 4.32. The first-order chi connectivity index (χ1) is 13.3. The molecule has 0 radical (unpaired) electrons. The van der Waals surface area contributed by atoms with Crippen molar-refractivity contribution in [3.8, 4) is 0 Å². The number of fused-ring (bicyclic) bond motifs is 1. The second kappa shape index (κ2) is 7.33. The summed E-state index contributed by atoms with van der Waals surface area (Å²) in [6.45, 7) is 0. The topological polar surface area (TPSA) is 55.6 Å². The molecule has 1 unspecified atom stereocenters. The van der Waals surface area contributed by atoms with Crippen molar-refractivity contribution in [1.29, 1.82) is 0 Å². The summed E-state index contributed by atoms with van der Waals surface area (Å²) in [4.78, 5) is 16.7. The number of hydrogen-bond donors (Lipinski definition) is 1. The lowest BCUT2D eigenvalue weighted by Crippen LogP contribution is -2.15. The van der Waals surface area contributed by atoms with Gasteiger partial charge in [0.2, 0.25) is 0 Å². The molecule has 3 heterocycles. The van der Waals surface area contributed by atoms with Gasteiger partial charge in [-0.15, -0.1) is 0 Å². The SMILES string of the molecule is COC(=O)c1cc(C(Nc2ccccn2)c2ccccc2)n2ccccc12. The van der Waals surface area contributed by atoms with Crippen LogP contribution in [0.3, 0.4) is 0 Å². The highest BCUT2D eigenvalue weighted by Gasteiger charge is 2.23. The Morgan fingerprint density at radius 2 is 1.81 bits per heavy atom. The predicted molar refractivity (Wildman–Crippen MR) is 105 cm³/mol. The van der Waals surface area contributed by atoms with E-state index in [1.807, 2.05) is 71.3 Å². The smallest absolute Gasteiger partial charge is 0.340 e. The monoisotopic (exact) mass is 357 g/mol. The number of anilines is 1. The largest absolute Gasteiger partial charge is 0.465 e. The maximum atomic E-state index is 12.3. The van der Waals surface area contributed by atoms with E-state index in [-0.39, 0.29) is 12.0 Å². The minimum Gasteiger partial charge on any atom is -0.465 e. The fraction of sp³-hybridized carbons (Fsp3) is 0.0909. The van der Waals surface area contributed by atoms with Gasteiger partial charge in [0.1, 0.15) is 5.82 Å². The fourth-order valence-electron chi connectivity index (χ4n) is 3.24. The van der Waals surface area contributed by atoms with Gasteiger partial charge >= 0.3 is 5.97 Å². The number of esters is 1. The molecule has 0 amide bonds. The average molecular weight is 357 g/mol. The third-order valence-electron chi connectivity index (χ3n) is 4.50. The van der Waals surface area contributed by atoms with Crippen LogP contribution < -0.4 is 5.32 Å². The molecule has 0 aliphatic heterocycles. The second-order valence-electron chi connectivity index (χ2n) is 6.13. The Morgan fingerprint density at radius 3 is 2.56 bits per heavy atom. The molecule has 1 aromatic carbocycles. The van der Waals surface area contributed by atoms with E-state index in [4.69, 9.17) is 4.74 Å². The van der Waals surface area contributed by atoms with Crippen LogP contribution in [0.2, 0.25) is 0 Å². The first-order valence-electron chi connectivity index (χ1n) is 8.69. The van der Waals surface area contributed by atoms with Crippen LogP contribution in [0.4, 0.5) is 5.82 Å². The van der Waals surface area contributed by atoms with Gasteiger partial charge in [-0.05, 0) is 35.9 Å². The number of carbonyl (C=O) groups is 1. The molecule has 27 heavy (non-hydrogen) atoms. The molecule has 3 aromatic heterocycles. The van der Waals surface area contributed by atoms with Crippen LogP contribution in [0.1, 0.15) is 27.7 Å². The zero-order valence-corrected chi connectivity index (χ0v) is 14.9.